The number of aromatic nitrogens is 4. The Kier molecular flexibility index (Phi) is 0.858. The Morgan fingerprint density at radius 1 is 1.50 bits per heavy atom. The van der Waals surface area contributed by atoms with Gasteiger partial charge in [0.25, 0.3) is 0 Å². The van der Waals surface area contributed by atoms with E-state index >= 15 is 0 Å². The predicted octanol–water partition coefficient (Wildman–Crippen LogP) is -0.170. The molecule has 0 bridgehead atoms. The summed E-state index contributed by atoms with van der Waals surface area (Å²) in [5.74, 6) is 0.0440. The summed E-state index contributed by atoms with van der Waals surface area (Å²) in [4.78, 5) is 3.88. The van der Waals surface area contributed by atoms with Crippen molar-refractivity contribution in [1.29, 1.82) is 0 Å². The highest BCUT2D eigenvalue weighted by atomic mass is 16.3. The van der Waals surface area contributed by atoms with Gasteiger partial charge in [-0.3, -0.25) is 0 Å². The number of rotatable bonds is 0. The molecule has 0 aromatic carbocycles. The molecule has 50 valence electrons. The van der Waals surface area contributed by atoms with Crippen LogP contribution in [0.1, 0.15) is 0 Å². The normalized spacial score (nSPS) is 10.4. The van der Waals surface area contributed by atoms with Crippen molar-refractivity contribution in [2.24, 2.45) is 0 Å². The largest absolute Gasteiger partial charge is 0.493 e. The highest BCUT2D eigenvalue weighted by Crippen LogP contribution is 2.05. The van der Waals surface area contributed by atoms with Crippen LogP contribution in [0.25, 0.3) is 5.65 Å². The van der Waals surface area contributed by atoms with Crippen molar-refractivity contribution in [3.8, 4) is 5.88 Å². The van der Waals surface area contributed by atoms with Crippen LogP contribution in [-0.4, -0.2) is 24.9 Å². The van der Waals surface area contributed by atoms with E-state index in [0.29, 0.717) is 5.65 Å². The smallest absolute Gasteiger partial charge is 0.217 e. The minimum absolute atomic E-state index is 0.0440. The van der Waals surface area contributed by atoms with Gasteiger partial charge >= 0.3 is 0 Å². The standard InChI is InChI=1S/C5H4N4O/c10-5-1-2-6-4-3-7-8-9(4)5/h1-3,10H. The molecular formula is C5H4N4O. The van der Waals surface area contributed by atoms with Crippen molar-refractivity contribution in [2.45, 2.75) is 0 Å². The Labute approximate surface area is 55.9 Å². The van der Waals surface area contributed by atoms with Crippen molar-refractivity contribution in [3.05, 3.63) is 18.5 Å². The van der Waals surface area contributed by atoms with Crippen molar-refractivity contribution >= 4 is 5.65 Å². The summed E-state index contributed by atoms with van der Waals surface area (Å²) in [6.45, 7) is 0. The number of fused-ring (bicyclic) bond motifs is 1. The lowest BCUT2D eigenvalue weighted by Gasteiger charge is -1.91. The van der Waals surface area contributed by atoms with E-state index in [1.165, 1.54) is 23.0 Å². The Morgan fingerprint density at radius 2 is 2.40 bits per heavy atom. The van der Waals surface area contributed by atoms with E-state index in [2.05, 4.69) is 15.3 Å². The Hall–Kier alpha value is -1.65. The number of aromatic hydroxyl groups is 1. The molecule has 0 fully saturated rings. The maximum atomic E-state index is 9.08. The molecule has 0 unspecified atom stereocenters. The molecule has 2 rings (SSSR count). The Bertz CT molecular complexity index is 355. The van der Waals surface area contributed by atoms with Gasteiger partial charge in [-0.1, -0.05) is 5.21 Å². The molecule has 0 saturated carbocycles. The van der Waals surface area contributed by atoms with Gasteiger partial charge in [0.15, 0.2) is 5.65 Å². The molecule has 2 heterocycles. The molecule has 2 aromatic rings. The zero-order valence-electron chi connectivity index (χ0n) is 4.97. The minimum atomic E-state index is 0.0440. The zero-order chi connectivity index (χ0) is 6.97. The van der Waals surface area contributed by atoms with Crippen LogP contribution in [0.3, 0.4) is 0 Å². The Balaban J connectivity index is 2.95. The maximum Gasteiger partial charge on any atom is 0.217 e. The van der Waals surface area contributed by atoms with Crippen molar-refractivity contribution in [2.75, 3.05) is 0 Å². The molecule has 5 heteroatoms. The third kappa shape index (κ3) is 0.540. The van der Waals surface area contributed by atoms with Gasteiger partial charge in [0.2, 0.25) is 5.88 Å². The second-order valence-electron chi connectivity index (χ2n) is 1.81. The quantitative estimate of drug-likeness (QED) is 0.546. The van der Waals surface area contributed by atoms with Crippen LogP contribution in [0.15, 0.2) is 18.5 Å². The summed E-state index contributed by atoms with van der Waals surface area (Å²) in [5, 5.41) is 16.2. The molecular weight excluding hydrogens is 132 g/mol. The van der Waals surface area contributed by atoms with E-state index < -0.39 is 0 Å². The number of nitrogens with zero attached hydrogens (tertiary/aromatic N) is 4. The zero-order valence-corrected chi connectivity index (χ0v) is 4.97. The van der Waals surface area contributed by atoms with Gasteiger partial charge in [-0.25, -0.2) is 4.98 Å². The van der Waals surface area contributed by atoms with Gasteiger partial charge in [-0.05, 0) is 0 Å². The van der Waals surface area contributed by atoms with Crippen molar-refractivity contribution < 1.29 is 5.11 Å². The predicted molar refractivity (Wildman–Crippen MR) is 32.4 cm³/mol. The minimum Gasteiger partial charge on any atom is -0.493 e. The first-order valence-electron chi connectivity index (χ1n) is 2.72. The molecule has 0 atom stereocenters. The van der Waals surface area contributed by atoms with Crippen LogP contribution in [0.2, 0.25) is 0 Å². The molecule has 0 amide bonds. The van der Waals surface area contributed by atoms with Gasteiger partial charge < -0.3 is 5.11 Å². The molecule has 0 aliphatic heterocycles. The topological polar surface area (TPSA) is 63.3 Å². The average Bonchev–Trinajstić information content (AvgIpc) is 2.36. The molecule has 2 aromatic heterocycles. The van der Waals surface area contributed by atoms with Gasteiger partial charge in [-0.2, -0.15) is 4.52 Å². The SMILES string of the molecule is Oc1ccnc2cnnn12. The third-order valence-corrected chi connectivity index (χ3v) is 1.18. The first-order valence-corrected chi connectivity index (χ1v) is 2.72. The average molecular weight is 136 g/mol. The fraction of sp³-hybridized carbons (Fsp3) is 0. The van der Waals surface area contributed by atoms with Crippen LogP contribution in [0, 0.1) is 0 Å². The summed E-state index contributed by atoms with van der Waals surface area (Å²) in [6.07, 6.45) is 2.97. The molecule has 5 nitrogen and oxygen atoms in total. The molecule has 10 heavy (non-hydrogen) atoms. The van der Waals surface area contributed by atoms with Gasteiger partial charge in [0, 0.05) is 12.3 Å². The molecule has 0 aliphatic rings. The first kappa shape index (κ1) is 5.16. The lowest BCUT2D eigenvalue weighted by molar-refractivity contribution is 0.432. The summed E-state index contributed by atoms with van der Waals surface area (Å²) in [7, 11) is 0. The van der Waals surface area contributed by atoms with Gasteiger partial charge in [-0.15, -0.1) is 5.10 Å². The number of hydrogen-bond donors (Lipinski definition) is 1. The van der Waals surface area contributed by atoms with Crippen LogP contribution in [-0.2, 0) is 0 Å². The van der Waals surface area contributed by atoms with Crippen LogP contribution >= 0.6 is 0 Å². The van der Waals surface area contributed by atoms with Crippen molar-refractivity contribution in [3.63, 3.8) is 0 Å². The van der Waals surface area contributed by atoms with E-state index in [9.17, 15) is 0 Å². The van der Waals surface area contributed by atoms with Crippen molar-refractivity contribution in [1.82, 2.24) is 19.8 Å². The van der Waals surface area contributed by atoms with Crippen LogP contribution < -0.4 is 0 Å². The molecule has 0 spiro atoms. The maximum absolute atomic E-state index is 9.08. The fourth-order valence-corrected chi connectivity index (χ4v) is 0.732. The summed E-state index contributed by atoms with van der Waals surface area (Å²) in [6, 6.07) is 1.45. The highest BCUT2D eigenvalue weighted by molar-refractivity contribution is 5.35. The van der Waals surface area contributed by atoms with Crippen LogP contribution in [0.4, 0.5) is 0 Å². The lowest BCUT2D eigenvalue weighted by Crippen LogP contribution is -1.89. The van der Waals surface area contributed by atoms with Gasteiger partial charge in [0.05, 0.1) is 6.20 Å². The first-order chi connectivity index (χ1) is 4.88. The highest BCUT2D eigenvalue weighted by Gasteiger charge is 1.97. The number of hydrogen-bond acceptors (Lipinski definition) is 4. The summed E-state index contributed by atoms with van der Waals surface area (Å²) >= 11 is 0. The molecule has 0 aliphatic carbocycles. The van der Waals surface area contributed by atoms with Crippen LogP contribution in [0.5, 0.6) is 5.88 Å². The van der Waals surface area contributed by atoms with E-state index in [1.54, 1.807) is 0 Å². The van der Waals surface area contributed by atoms with E-state index in [-0.39, 0.29) is 5.88 Å². The monoisotopic (exact) mass is 136 g/mol. The van der Waals surface area contributed by atoms with E-state index in [0.717, 1.165) is 0 Å². The molecule has 0 radical (unpaired) electrons. The summed E-state index contributed by atoms with van der Waals surface area (Å²) in [5.41, 5.74) is 0.542. The third-order valence-electron chi connectivity index (χ3n) is 1.18. The second kappa shape index (κ2) is 1.66. The molecule has 1 N–H and O–H groups in total. The lowest BCUT2D eigenvalue weighted by atomic mass is 10.6. The second-order valence-corrected chi connectivity index (χ2v) is 1.81. The van der Waals surface area contributed by atoms with Gasteiger partial charge in [0.1, 0.15) is 0 Å². The molecule has 0 saturated heterocycles. The fourth-order valence-electron chi connectivity index (χ4n) is 0.732. The van der Waals surface area contributed by atoms with E-state index in [4.69, 9.17) is 5.11 Å². The van der Waals surface area contributed by atoms with E-state index in [1.807, 2.05) is 0 Å². The Morgan fingerprint density at radius 3 is 3.20 bits per heavy atom. The summed E-state index contributed by atoms with van der Waals surface area (Å²) < 4.78 is 1.25.